The van der Waals surface area contributed by atoms with E-state index in [0.717, 1.165) is 0 Å². The zero-order valence-electron chi connectivity index (χ0n) is 14.3. The van der Waals surface area contributed by atoms with Gasteiger partial charge in [0.2, 0.25) is 0 Å². The van der Waals surface area contributed by atoms with Gasteiger partial charge in [0.15, 0.2) is 11.5 Å². The molecule has 142 valence electrons. The van der Waals surface area contributed by atoms with Gasteiger partial charge in [-0.3, -0.25) is 9.59 Å². The number of rotatable bonds is 7. The number of hydrogen-bond donors (Lipinski definition) is 3. The lowest BCUT2D eigenvalue weighted by molar-refractivity contribution is -0.120. The number of nitrogens with one attached hydrogen (secondary N) is 2. The fourth-order valence-corrected chi connectivity index (χ4v) is 3.14. The van der Waals surface area contributed by atoms with E-state index < -0.39 is 5.91 Å². The van der Waals surface area contributed by atoms with Crippen molar-refractivity contribution in [2.75, 3.05) is 13.2 Å². The molecule has 0 heterocycles. The number of phenols is 1. The van der Waals surface area contributed by atoms with E-state index in [4.69, 9.17) is 4.74 Å². The lowest BCUT2D eigenvalue weighted by atomic mass is 10.2. The van der Waals surface area contributed by atoms with Crippen molar-refractivity contribution in [2.45, 2.75) is 6.92 Å². The number of carbonyl (C=O) groups excluding carboxylic acids is 2. The van der Waals surface area contributed by atoms with Gasteiger partial charge in [-0.05, 0) is 75.3 Å². The summed E-state index contributed by atoms with van der Waals surface area (Å²) in [7, 11) is 0. The number of ether oxygens (including phenoxy) is 1. The SMILES string of the molecule is CCOc1cc(/C=N/NC(=O)CNC(=O)c2ccccc2Br)cc(I)c1O. The maximum absolute atomic E-state index is 12.0. The van der Waals surface area contributed by atoms with Crippen molar-refractivity contribution in [1.29, 1.82) is 0 Å². The Labute approximate surface area is 178 Å². The van der Waals surface area contributed by atoms with Crippen molar-refractivity contribution in [1.82, 2.24) is 10.7 Å². The van der Waals surface area contributed by atoms with E-state index in [9.17, 15) is 14.7 Å². The Morgan fingerprint density at radius 3 is 2.78 bits per heavy atom. The van der Waals surface area contributed by atoms with Crippen molar-refractivity contribution in [2.24, 2.45) is 5.10 Å². The Morgan fingerprint density at radius 1 is 1.33 bits per heavy atom. The summed E-state index contributed by atoms with van der Waals surface area (Å²) in [5.74, 6) is -0.424. The molecular formula is C18H17BrIN3O4. The van der Waals surface area contributed by atoms with Crippen molar-refractivity contribution < 1.29 is 19.4 Å². The molecular weight excluding hydrogens is 529 g/mol. The summed E-state index contributed by atoms with van der Waals surface area (Å²) in [6, 6.07) is 10.2. The number of amides is 2. The minimum atomic E-state index is -0.467. The second kappa shape index (κ2) is 10.3. The van der Waals surface area contributed by atoms with E-state index in [1.54, 1.807) is 36.4 Å². The molecule has 2 aromatic carbocycles. The monoisotopic (exact) mass is 545 g/mol. The van der Waals surface area contributed by atoms with Gasteiger partial charge in [-0.2, -0.15) is 5.10 Å². The molecule has 0 saturated heterocycles. The number of aromatic hydroxyl groups is 1. The van der Waals surface area contributed by atoms with Crippen LogP contribution in [0.1, 0.15) is 22.8 Å². The molecule has 0 fully saturated rings. The summed E-state index contributed by atoms with van der Waals surface area (Å²) >= 11 is 5.26. The molecule has 0 saturated carbocycles. The van der Waals surface area contributed by atoms with Crippen LogP contribution in [0.3, 0.4) is 0 Å². The number of benzene rings is 2. The number of hydrazone groups is 1. The Kier molecular flexibility index (Phi) is 8.04. The molecule has 0 aliphatic rings. The smallest absolute Gasteiger partial charge is 0.259 e. The van der Waals surface area contributed by atoms with Gasteiger partial charge >= 0.3 is 0 Å². The number of hydrogen-bond acceptors (Lipinski definition) is 5. The van der Waals surface area contributed by atoms with E-state index in [2.05, 4.69) is 31.8 Å². The lowest BCUT2D eigenvalue weighted by Crippen LogP contribution is -2.35. The van der Waals surface area contributed by atoms with Crippen LogP contribution in [0.2, 0.25) is 0 Å². The second-order valence-electron chi connectivity index (χ2n) is 5.24. The first-order valence-corrected chi connectivity index (χ1v) is 9.79. The molecule has 0 aliphatic heterocycles. The molecule has 2 amide bonds. The normalized spacial score (nSPS) is 10.6. The molecule has 7 nitrogen and oxygen atoms in total. The fraction of sp³-hybridized carbons (Fsp3) is 0.167. The van der Waals surface area contributed by atoms with Gasteiger partial charge in [0.25, 0.3) is 11.8 Å². The van der Waals surface area contributed by atoms with E-state index in [0.29, 0.717) is 31.5 Å². The first kappa shape index (κ1) is 21.2. The van der Waals surface area contributed by atoms with Crippen LogP contribution in [0.4, 0.5) is 0 Å². The van der Waals surface area contributed by atoms with Gasteiger partial charge in [-0.1, -0.05) is 12.1 Å². The average molecular weight is 546 g/mol. The highest BCUT2D eigenvalue weighted by atomic mass is 127. The van der Waals surface area contributed by atoms with E-state index in [1.165, 1.54) is 6.21 Å². The molecule has 2 rings (SSSR count). The summed E-state index contributed by atoms with van der Waals surface area (Å²) in [6.45, 7) is 2.02. The van der Waals surface area contributed by atoms with Gasteiger partial charge < -0.3 is 15.2 Å². The zero-order chi connectivity index (χ0) is 19.8. The first-order chi connectivity index (χ1) is 12.9. The largest absolute Gasteiger partial charge is 0.504 e. The minimum absolute atomic E-state index is 0.0634. The first-order valence-electron chi connectivity index (χ1n) is 7.92. The number of phenolic OH excluding ortho intramolecular Hbond substituents is 1. The molecule has 27 heavy (non-hydrogen) atoms. The van der Waals surface area contributed by atoms with Crippen molar-refractivity contribution in [3.05, 3.63) is 55.6 Å². The van der Waals surface area contributed by atoms with Gasteiger partial charge in [-0.15, -0.1) is 0 Å². The van der Waals surface area contributed by atoms with Gasteiger partial charge in [-0.25, -0.2) is 5.43 Å². The molecule has 0 unspecified atom stereocenters. The van der Waals surface area contributed by atoms with Gasteiger partial charge in [0.05, 0.1) is 28.5 Å². The number of carbonyl (C=O) groups is 2. The van der Waals surface area contributed by atoms with Gasteiger partial charge in [0, 0.05) is 4.47 Å². The average Bonchev–Trinajstić information content (AvgIpc) is 2.64. The topological polar surface area (TPSA) is 100 Å². The number of halogens is 2. The number of nitrogens with zero attached hydrogens (tertiary/aromatic N) is 1. The Balaban J connectivity index is 1.90. The molecule has 0 spiro atoms. The maximum atomic E-state index is 12.0. The highest BCUT2D eigenvalue weighted by Crippen LogP contribution is 2.32. The lowest BCUT2D eigenvalue weighted by Gasteiger charge is -2.08. The summed E-state index contributed by atoms with van der Waals surface area (Å²) in [6.07, 6.45) is 1.43. The van der Waals surface area contributed by atoms with Crippen LogP contribution in [-0.4, -0.2) is 36.3 Å². The highest BCUT2D eigenvalue weighted by molar-refractivity contribution is 14.1. The summed E-state index contributed by atoms with van der Waals surface area (Å²) < 4.78 is 6.60. The molecule has 9 heteroatoms. The maximum Gasteiger partial charge on any atom is 0.259 e. The fourth-order valence-electron chi connectivity index (χ4n) is 2.05. The Morgan fingerprint density at radius 2 is 2.07 bits per heavy atom. The van der Waals surface area contributed by atoms with E-state index in [1.807, 2.05) is 29.5 Å². The Bertz CT molecular complexity index is 874. The van der Waals surface area contributed by atoms with Crippen LogP contribution in [0.15, 0.2) is 46.0 Å². The van der Waals surface area contributed by atoms with E-state index in [-0.39, 0.29) is 18.2 Å². The molecule has 0 aromatic heterocycles. The standard InChI is InChI=1S/C18H17BrIN3O4/c1-2-27-15-8-11(7-14(20)17(15)25)9-22-23-16(24)10-21-18(26)12-5-3-4-6-13(12)19/h3-9,25H,2,10H2,1H3,(H,21,26)(H,23,24)/b22-9+. The predicted octanol–water partition coefficient (Wildman–Crippen LogP) is 3.04. The summed E-state index contributed by atoms with van der Waals surface area (Å²) in [5.41, 5.74) is 3.43. The third-order valence-corrected chi connectivity index (χ3v) is 4.80. The molecule has 0 atom stereocenters. The third kappa shape index (κ3) is 6.21. The zero-order valence-corrected chi connectivity index (χ0v) is 18.1. The van der Waals surface area contributed by atoms with Crippen LogP contribution >= 0.6 is 38.5 Å². The van der Waals surface area contributed by atoms with Crippen LogP contribution in [-0.2, 0) is 4.79 Å². The summed E-state index contributed by atoms with van der Waals surface area (Å²) in [5, 5.41) is 16.3. The van der Waals surface area contributed by atoms with Crippen LogP contribution in [0.25, 0.3) is 0 Å². The Hall–Kier alpha value is -2.14. The predicted molar refractivity (Wildman–Crippen MR) is 114 cm³/mol. The quantitative estimate of drug-likeness (QED) is 0.283. The minimum Gasteiger partial charge on any atom is -0.504 e. The molecule has 0 radical (unpaired) electrons. The second-order valence-corrected chi connectivity index (χ2v) is 7.25. The van der Waals surface area contributed by atoms with Crippen molar-refractivity contribution in [3.63, 3.8) is 0 Å². The van der Waals surface area contributed by atoms with Crippen LogP contribution < -0.4 is 15.5 Å². The van der Waals surface area contributed by atoms with Crippen molar-refractivity contribution in [3.8, 4) is 11.5 Å². The molecule has 3 N–H and O–H groups in total. The van der Waals surface area contributed by atoms with Crippen molar-refractivity contribution >= 4 is 56.5 Å². The van der Waals surface area contributed by atoms with Crippen LogP contribution in [0.5, 0.6) is 11.5 Å². The van der Waals surface area contributed by atoms with Crippen LogP contribution in [0, 0.1) is 3.57 Å². The van der Waals surface area contributed by atoms with E-state index >= 15 is 0 Å². The molecule has 0 aliphatic carbocycles. The highest BCUT2D eigenvalue weighted by Gasteiger charge is 2.11. The molecule has 2 aromatic rings. The summed E-state index contributed by atoms with van der Waals surface area (Å²) in [4.78, 5) is 23.9. The van der Waals surface area contributed by atoms with Gasteiger partial charge in [0.1, 0.15) is 0 Å². The molecule has 0 bridgehead atoms. The third-order valence-electron chi connectivity index (χ3n) is 3.28.